The van der Waals surface area contributed by atoms with E-state index in [0.29, 0.717) is 29.5 Å². The van der Waals surface area contributed by atoms with Gasteiger partial charge >= 0.3 is 0 Å². The highest BCUT2D eigenvalue weighted by Crippen LogP contribution is 2.14. The molecular weight excluding hydrogens is 220 g/mol. The first-order chi connectivity index (χ1) is 8.20. The van der Waals surface area contributed by atoms with E-state index in [1.807, 2.05) is 6.92 Å². The molecule has 0 bridgehead atoms. The molecule has 6 heteroatoms. The Morgan fingerprint density at radius 1 is 1.41 bits per heavy atom. The Balaban J connectivity index is 2.17. The van der Waals surface area contributed by atoms with Crippen molar-refractivity contribution in [2.24, 2.45) is 9.98 Å². The number of aliphatic hydroxyl groups excluding tert-OH is 2. The fraction of sp³-hybridized carbons (Fsp3) is 0.455. The van der Waals surface area contributed by atoms with Crippen LogP contribution >= 0.6 is 0 Å². The Labute approximate surface area is 98.1 Å². The molecule has 0 saturated carbocycles. The third-order valence-electron chi connectivity index (χ3n) is 2.56. The summed E-state index contributed by atoms with van der Waals surface area (Å²) < 4.78 is 0. The smallest absolute Gasteiger partial charge is 0.183 e. The molecule has 0 radical (unpaired) electrons. The summed E-state index contributed by atoms with van der Waals surface area (Å²) in [4.78, 5) is 16.5. The van der Waals surface area contributed by atoms with E-state index in [1.165, 1.54) is 6.33 Å². The maximum atomic E-state index is 9.27. The van der Waals surface area contributed by atoms with Crippen LogP contribution in [0.25, 0.3) is 0 Å². The highest BCUT2D eigenvalue weighted by atomic mass is 16.3. The van der Waals surface area contributed by atoms with Crippen LogP contribution < -0.4 is 10.8 Å². The molecule has 1 unspecified atom stereocenters. The molecule has 0 aromatic carbocycles. The van der Waals surface area contributed by atoms with Gasteiger partial charge in [0.25, 0.3) is 0 Å². The minimum atomic E-state index is -0.686. The third kappa shape index (κ3) is 2.72. The number of hydrogen-bond acceptors (Lipinski definition) is 6. The van der Waals surface area contributed by atoms with E-state index in [4.69, 9.17) is 5.11 Å². The molecule has 2 N–H and O–H groups in total. The number of allylic oxidation sites excluding steroid dienone is 1. The Bertz CT molecular complexity index is 516. The predicted molar refractivity (Wildman–Crippen MR) is 59.4 cm³/mol. The number of aromatic nitrogens is 2. The summed E-state index contributed by atoms with van der Waals surface area (Å²) in [6, 6.07) is 0. The molecule has 0 saturated heterocycles. The van der Waals surface area contributed by atoms with Crippen molar-refractivity contribution in [3.05, 3.63) is 34.8 Å². The van der Waals surface area contributed by atoms with Crippen molar-refractivity contribution >= 4 is 0 Å². The monoisotopic (exact) mass is 234 g/mol. The molecule has 2 rings (SSSR count). The quantitative estimate of drug-likeness (QED) is 0.706. The molecule has 6 nitrogen and oxygen atoms in total. The van der Waals surface area contributed by atoms with Gasteiger partial charge in [0.05, 0.1) is 18.9 Å². The topological polar surface area (TPSA) is 91.0 Å². The van der Waals surface area contributed by atoms with Gasteiger partial charge < -0.3 is 10.2 Å². The first kappa shape index (κ1) is 11.8. The number of fused-ring (bicyclic) bond motifs is 1. The predicted octanol–water partition coefficient (Wildman–Crippen LogP) is -0.906. The van der Waals surface area contributed by atoms with E-state index < -0.39 is 6.10 Å². The summed E-state index contributed by atoms with van der Waals surface area (Å²) in [6.07, 6.45) is 3.51. The zero-order valence-electron chi connectivity index (χ0n) is 9.54. The molecule has 17 heavy (non-hydrogen) atoms. The van der Waals surface area contributed by atoms with E-state index >= 15 is 0 Å². The number of aliphatic hydroxyl groups is 2. The van der Waals surface area contributed by atoms with Crippen LogP contribution in [-0.4, -0.2) is 32.9 Å². The van der Waals surface area contributed by atoms with Gasteiger partial charge in [-0.05, 0) is 25.3 Å². The molecule has 1 aliphatic rings. The average Bonchev–Trinajstić information content (AvgIpc) is 2.79. The molecule has 2 heterocycles. The van der Waals surface area contributed by atoms with Crippen molar-refractivity contribution < 1.29 is 10.2 Å². The Morgan fingerprint density at radius 2 is 2.24 bits per heavy atom. The molecule has 1 aromatic heterocycles. The second-order valence-corrected chi connectivity index (χ2v) is 3.93. The van der Waals surface area contributed by atoms with E-state index in [2.05, 4.69) is 20.0 Å². The van der Waals surface area contributed by atoms with E-state index in [9.17, 15) is 5.11 Å². The van der Waals surface area contributed by atoms with Crippen molar-refractivity contribution in [2.45, 2.75) is 25.9 Å². The second-order valence-electron chi connectivity index (χ2n) is 3.93. The molecule has 0 spiro atoms. The molecule has 0 amide bonds. The largest absolute Gasteiger partial charge is 0.394 e. The number of hydrogen-bond donors (Lipinski definition) is 2. The number of rotatable bonds is 4. The lowest BCUT2D eigenvalue weighted by atomic mass is 10.1. The number of nitrogens with zero attached hydrogens (tertiary/aromatic N) is 4. The lowest BCUT2D eigenvalue weighted by Crippen LogP contribution is -2.25. The summed E-state index contributed by atoms with van der Waals surface area (Å²) in [7, 11) is 0. The van der Waals surface area contributed by atoms with Crippen molar-refractivity contribution in [2.75, 3.05) is 6.61 Å². The normalized spacial score (nSPS) is 18.1. The first-order valence-corrected chi connectivity index (χ1v) is 5.43. The fourth-order valence-corrected chi connectivity index (χ4v) is 1.50. The zero-order valence-corrected chi connectivity index (χ0v) is 9.54. The minimum absolute atomic E-state index is 0.220. The summed E-state index contributed by atoms with van der Waals surface area (Å²) in [5.41, 5.74) is 1.55. The van der Waals surface area contributed by atoms with Crippen molar-refractivity contribution in [3.63, 3.8) is 0 Å². The molecule has 1 aromatic rings. The van der Waals surface area contributed by atoms with E-state index in [1.54, 1.807) is 6.20 Å². The van der Waals surface area contributed by atoms with Crippen LogP contribution in [0.1, 0.15) is 19.8 Å². The third-order valence-corrected chi connectivity index (χ3v) is 2.56. The Kier molecular flexibility index (Phi) is 3.55. The summed E-state index contributed by atoms with van der Waals surface area (Å²) in [5, 5.41) is 18.7. The van der Waals surface area contributed by atoms with Gasteiger partial charge in [-0.2, -0.15) is 0 Å². The van der Waals surface area contributed by atoms with Crippen LogP contribution in [0.3, 0.4) is 0 Å². The maximum absolute atomic E-state index is 9.27. The van der Waals surface area contributed by atoms with E-state index in [0.717, 1.165) is 5.57 Å². The molecule has 0 aliphatic carbocycles. The zero-order chi connectivity index (χ0) is 12.3. The summed E-state index contributed by atoms with van der Waals surface area (Å²) >= 11 is 0. The van der Waals surface area contributed by atoms with Crippen molar-refractivity contribution in [1.82, 2.24) is 9.97 Å². The van der Waals surface area contributed by atoms with Gasteiger partial charge in [-0.25, -0.2) is 20.0 Å². The SMILES string of the molecule is CC(CCC(O)CO)=C1N=c2cncnc2=N1. The Morgan fingerprint density at radius 3 is 2.94 bits per heavy atom. The average molecular weight is 234 g/mol. The van der Waals surface area contributed by atoms with E-state index in [-0.39, 0.29) is 6.61 Å². The van der Waals surface area contributed by atoms with Gasteiger partial charge in [-0.15, -0.1) is 0 Å². The summed E-state index contributed by atoms with van der Waals surface area (Å²) in [6.45, 7) is 1.69. The highest BCUT2D eigenvalue weighted by Gasteiger charge is 2.09. The van der Waals surface area contributed by atoms with Gasteiger partial charge in [-0.1, -0.05) is 0 Å². The molecule has 1 aliphatic heterocycles. The summed E-state index contributed by atoms with van der Waals surface area (Å²) in [5.74, 6) is 0.630. The van der Waals surface area contributed by atoms with Crippen molar-refractivity contribution in [1.29, 1.82) is 0 Å². The lowest BCUT2D eigenvalue weighted by Gasteiger charge is -2.06. The van der Waals surface area contributed by atoms with Gasteiger partial charge in [0, 0.05) is 0 Å². The molecule has 0 fully saturated rings. The van der Waals surface area contributed by atoms with Crippen LogP contribution in [0.15, 0.2) is 33.9 Å². The van der Waals surface area contributed by atoms with Crippen LogP contribution in [0.5, 0.6) is 0 Å². The fourth-order valence-electron chi connectivity index (χ4n) is 1.50. The first-order valence-electron chi connectivity index (χ1n) is 5.43. The molecule has 1 atom stereocenters. The lowest BCUT2D eigenvalue weighted by molar-refractivity contribution is 0.0885. The Hall–Kier alpha value is -1.66. The standard InChI is InChI=1S/C11H14N4O2/c1-7(2-3-8(17)5-16)10-14-9-4-12-6-13-11(9)15-10/h4,6,8,16-17H,2-3,5H2,1H3. The second kappa shape index (κ2) is 5.11. The minimum Gasteiger partial charge on any atom is -0.394 e. The van der Waals surface area contributed by atoms with Crippen LogP contribution in [-0.2, 0) is 0 Å². The van der Waals surface area contributed by atoms with Gasteiger partial charge in [-0.3, -0.25) is 0 Å². The van der Waals surface area contributed by atoms with Crippen LogP contribution in [0, 0.1) is 0 Å². The van der Waals surface area contributed by atoms with Gasteiger partial charge in [0.1, 0.15) is 11.7 Å². The van der Waals surface area contributed by atoms with Crippen LogP contribution in [0.2, 0.25) is 0 Å². The maximum Gasteiger partial charge on any atom is 0.183 e. The van der Waals surface area contributed by atoms with Crippen LogP contribution in [0.4, 0.5) is 0 Å². The van der Waals surface area contributed by atoms with Crippen molar-refractivity contribution in [3.8, 4) is 0 Å². The van der Waals surface area contributed by atoms with Gasteiger partial charge in [0.2, 0.25) is 0 Å². The molecular formula is C11H14N4O2. The van der Waals surface area contributed by atoms with Gasteiger partial charge in [0.15, 0.2) is 11.3 Å². The highest BCUT2D eigenvalue weighted by molar-refractivity contribution is 5.14. The molecule has 90 valence electrons.